The molecule has 0 bridgehead atoms. The Morgan fingerprint density at radius 3 is 2.07 bits per heavy atom. The second kappa shape index (κ2) is 11.8. The van der Waals surface area contributed by atoms with Crippen LogP contribution in [-0.4, -0.2) is 4.98 Å². The Labute approximate surface area is 177 Å². The van der Waals surface area contributed by atoms with Crippen molar-refractivity contribution in [1.29, 1.82) is 0 Å². The van der Waals surface area contributed by atoms with Gasteiger partial charge in [-0.05, 0) is 24.8 Å². The van der Waals surface area contributed by atoms with Crippen LogP contribution in [0.5, 0.6) is 0 Å². The Hall–Kier alpha value is -2.14. The minimum absolute atomic E-state index is 0.354. The molecule has 0 amide bonds. The highest BCUT2D eigenvalue weighted by Gasteiger charge is 2.10. The molecule has 0 fully saturated rings. The largest absolute Gasteiger partial charge is 0.408 e. The minimum atomic E-state index is -0.354. The molecule has 3 rings (SSSR count). The summed E-state index contributed by atoms with van der Waals surface area (Å²) in [4.78, 5) is 17.1. The molecular formula is C24H32N2O2S. The molecule has 0 saturated carbocycles. The van der Waals surface area contributed by atoms with Gasteiger partial charge in [0.2, 0.25) is 0 Å². The van der Waals surface area contributed by atoms with Crippen molar-refractivity contribution in [1.82, 2.24) is 4.98 Å². The minimum Gasteiger partial charge on any atom is -0.408 e. The number of benzene rings is 1. The average molecular weight is 413 g/mol. The van der Waals surface area contributed by atoms with E-state index in [0.717, 1.165) is 19.3 Å². The zero-order valence-electron chi connectivity index (χ0n) is 17.2. The predicted molar refractivity (Wildman–Crippen MR) is 123 cm³/mol. The molecule has 0 saturated heterocycles. The number of thiophene rings is 1. The maximum absolute atomic E-state index is 12.0. The van der Waals surface area contributed by atoms with Crippen molar-refractivity contribution in [2.75, 3.05) is 5.73 Å². The summed E-state index contributed by atoms with van der Waals surface area (Å²) in [5.41, 5.74) is 7.35. The van der Waals surface area contributed by atoms with Gasteiger partial charge in [0.15, 0.2) is 5.89 Å². The predicted octanol–water partition coefficient (Wildman–Crippen LogP) is 6.52. The first-order valence-corrected chi connectivity index (χ1v) is 11.8. The molecule has 5 heteroatoms. The summed E-state index contributed by atoms with van der Waals surface area (Å²) in [6.45, 7) is 0. The summed E-state index contributed by atoms with van der Waals surface area (Å²) in [7, 11) is 0. The Kier molecular flexibility index (Phi) is 8.75. The van der Waals surface area contributed by atoms with Gasteiger partial charge in [-0.2, -0.15) is 0 Å². The van der Waals surface area contributed by atoms with Crippen LogP contribution in [0.3, 0.4) is 0 Å². The van der Waals surface area contributed by atoms with E-state index in [4.69, 9.17) is 10.2 Å². The molecule has 3 aromatic rings. The zero-order valence-corrected chi connectivity index (χ0v) is 18.0. The summed E-state index contributed by atoms with van der Waals surface area (Å²) in [5, 5.41) is 2.18. The van der Waals surface area contributed by atoms with E-state index in [1.807, 2.05) is 0 Å². The summed E-state index contributed by atoms with van der Waals surface area (Å²) in [5.74, 6) is 0.542. The summed E-state index contributed by atoms with van der Waals surface area (Å²) >= 11 is 1.40. The van der Waals surface area contributed by atoms with Crippen molar-refractivity contribution in [2.45, 2.75) is 77.0 Å². The van der Waals surface area contributed by atoms with Crippen LogP contribution in [-0.2, 0) is 12.8 Å². The Bertz CT molecular complexity index is 918. The number of hydrogen-bond acceptors (Lipinski definition) is 5. The molecule has 4 nitrogen and oxygen atoms in total. The number of nitrogens with two attached hydrogens (primary N) is 1. The SMILES string of the molecule is Nc1csc2nc(CCCCCCCCCCCCc3ccccc3)oc(=O)c12. The first-order chi connectivity index (χ1) is 14.2. The molecule has 0 aliphatic heterocycles. The van der Waals surface area contributed by atoms with Gasteiger partial charge in [0.05, 0.1) is 5.69 Å². The number of nitrogens with zero attached hydrogens (tertiary/aromatic N) is 1. The van der Waals surface area contributed by atoms with Gasteiger partial charge in [0, 0.05) is 11.8 Å². The molecule has 2 aromatic heterocycles. The van der Waals surface area contributed by atoms with Gasteiger partial charge in [-0.1, -0.05) is 81.7 Å². The van der Waals surface area contributed by atoms with Gasteiger partial charge < -0.3 is 10.2 Å². The van der Waals surface area contributed by atoms with Crippen molar-refractivity contribution in [3.8, 4) is 0 Å². The van der Waals surface area contributed by atoms with Crippen LogP contribution in [0, 0.1) is 0 Å². The molecule has 0 unspecified atom stereocenters. The van der Waals surface area contributed by atoms with E-state index < -0.39 is 0 Å². The Morgan fingerprint density at radius 1 is 0.828 bits per heavy atom. The highest BCUT2D eigenvalue weighted by molar-refractivity contribution is 7.17. The van der Waals surface area contributed by atoms with Crippen molar-refractivity contribution in [3.63, 3.8) is 0 Å². The average Bonchev–Trinajstić information content (AvgIpc) is 3.11. The molecular weight excluding hydrogens is 380 g/mol. The van der Waals surface area contributed by atoms with Gasteiger partial charge >= 0.3 is 5.63 Å². The monoisotopic (exact) mass is 412 g/mol. The number of unbranched alkanes of at least 4 members (excludes halogenated alkanes) is 9. The van der Waals surface area contributed by atoms with Crippen LogP contribution in [0.25, 0.3) is 10.2 Å². The molecule has 2 N–H and O–H groups in total. The van der Waals surface area contributed by atoms with Gasteiger partial charge in [-0.25, -0.2) is 9.78 Å². The van der Waals surface area contributed by atoms with E-state index in [1.165, 1.54) is 74.7 Å². The lowest BCUT2D eigenvalue weighted by Crippen LogP contribution is -2.05. The van der Waals surface area contributed by atoms with E-state index in [9.17, 15) is 4.79 Å². The lowest BCUT2D eigenvalue weighted by molar-refractivity contribution is 0.433. The van der Waals surface area contributed by atoms with Crippen molar-refractivity contribution in [2.24, 2.45) is 0 Å². The zero-order chi connectivity index (χ0) is 20.3. The number of aryl methyl sites for hydroxylation is 2. The maximum Gasteiger partial charge on any atom is 0.349 e. The number of rotatable bonds is 13. The van der Waals surface area contributed by atoms with E-state index in [-0.39, 0.29) is 5.63 Å². The van der Waals surface area contributed by atoms with Gasteiger partial charge in [0.1, 0.15) is 10.2 Å². The topological polar surface area (TPSA) is 69.1 Å². The van der Waals surface area contributed by atoms with E-state index in [0.29, 0.717) is 21.8 Å². The molecule has 0 aliphatic carbocycles. The third kappa shape index (κ3) is 7.00. The summed E-state index contributed by atoms with van der Waals surface area (Å²) in [6, 6.07) is 10.8. The van der Waals surface area contributed by atoms with Crippen LogP contribution >= 0.6 is 11.3 Å². The first kappa shape index (κ1) is 21.6. The lowest BCUT2D eigenvalue weighted by atomic mass is 10.0. The van der Waals surface area contributed by atoms with Crippen LogP contribution in [0.4, 0.5) is 5.69 Å². The molecule has 0 atom stereocenters. The first-order valence-electron chi connectivity index (χ1n) is 10.9. The number of hydrogen-bond donors (Lipinski definition) is 1. The fourth-order valence-electron chi connectivity index (χ4n) is 3.71. The third-order valence-electron chi connectivity index (χ3n) is 5.39. The Balaban J connectivity index is 1.18. The lowest BCUT2D eigenvalue weighted by Gasteiger charge is -2.03. The van der Waals surface area contributed by atoms with Crippen LogP contribution in [0.2, 0.25) is 0 Å². The standard InChI is InChI=1S/C24H32N2O2S/c25-20-18-29-23-22(20)24(27)28-21(26-23)17-13-8-6-4-2-1-3-5-7-10-14-19-15-11-9-12-16-19/h9,11-12,15-16,18H,1-8,10,13-14,17,25H2. The fraction of sp³-hybridized carbons (Fsp3) is 0.500. The smallest absolute Gasteiger partial charge is 0.349 e. The third-order valence-corrected chi connectivity index (χ3v) is 6.28. The number of anilines is 1. The van der Waals surface area contributed by atoms with Crippen molar-refractivity contribution in [3.05, 3.63) is 57.6 Å². The number of fused-ring (bicyclic) bond motifs is 1. The highest BCUT2D eigenvalue weighted by atomic mass is 32.1. The number of aromatic nitrogens is 1. The van der Waals surface area contributed by atoms with Crippen LogP contribution in [0.15, 0.2) is 44.9 Å². The van der Waals surface area contributed by atoms with Crippen molar-refractivity contribution < 1.29 is 4.42 Å². The molecule has 29 heavy (non-hydrogen) atoms. The van der Waals surface area contributed by atoms with Crippen LogP contribution < -0.4 is 11.4 Å². The summed E-state index contributed by atoms with van der Waals surface area (Å²) in [6.07, 6.45) is 14.7. The number of nitrogen functional groups attached to an aromatic ring is 1. The maximum atomic E-state index is 12.0. The van der Waals surface area contributed by atoms with Gasteiger partial charge in [0.25, 0.3) is 0 Å². The second-order valence-corrected chi connectivity index (χ2v) is 8.65. The van der Waals surface area contributed by atoms with Crippen molar-refractivity contribution >= 4 is 27.2 Å². The molecule has 0 aliphatic rings. The normalized spacial score (nSPS) is 11.3. The molecule has 0 radical (unpaired) electrons. The highest BCUT2D eigenvalue weighted by Crippen LogP contribution is 2.23. The Morgan fingerprint density at radius 2 is 1.41 bits per heavy atom. The molecule has 2 heterocycles. The van der Waals surface area contributed by atoms with Crippen LogP contribution in [0.1, 0.15) is 75.7 Å². The van der Waals surface area contributed by atoms with E-state index >= 15 is 0 Å². The quantitative estimate of drug-likeness (QED) is 0.325. The molecule has 1 aromatic carbocycles. The second-order valence-electron chi connectivity index (χ2n) is 7.79. The summed E-state index contributed by atoms with van der Waals surface area (Å²) < 4.78 is 5.31. The van der Waals surface area contributed by atoms with E-state index in [1.54, 1.807) is 5.38 Å². The molecule has 0 spiro atoms. The van der Waals surface area contributed by atoms with Gasteiger partial charge in [-0.3, -0.25) is 0 Å². The molecule has 156 valence electrons. The van der Waals surface area contributed by atoms with E-state index in [2.05, 4.69) is 35.3 Å². The fourth-order valence-corrected chi connectivity index (χ4v) is 4.54. The van der Waals surface area contributed by atoms with Gasteiger partial charge in [-0.15, -0.1) is 11.3 Å².